The van der Waals surface area contributed by atoms with Crippen molar-refractivity contribution >= 4 is 29.3 Å². The van der Waals surface area contributed by atoms with Crippen molar-refractivity contribution in [3.05, 3.63) is 22.7 Å². The summed E-state index contributed by atoms with van der Waals surface area (Å²) < 4.78 is 69.6. The van der Waals surface area contributed by atoms with Crippen molar-refractivity contribution in [3.8, 4) is 0 Å². The molecule has 0 aromatic carbocycles. The summed E-state index contributed by atoms with van der Waals surface area (Å²) in [7, 11) is -17.0. The van der Waals surface area contributed by atoms with Crippen molar-refractivity contribution in [1.29, 1.82) is 0 Å². The van der Waals surface area contributed by atoms with Gasteiger partial charge < -0.3 is 39.9 Å². The van der Waals surface area contributed by atoms with Crippen molar-refractivity contribution in [2.45, 2.75) is 31.7 Å². The number of phosphoric ester groups is 1. The smallest absolute Gasteiger partial charge is 0.478 e. The molecule has 2 heterocycles. The van der Waals surface area contributed by atoms with Gasteiger partial charge in [0.1, 0.15) is 18.5 Å². The van der Waals surface area contributed by atoms with Crippen molar-refractivity contribution in [2.75, 3.05) is 19.5 Å². The Labute approximate surface area is 178 Å². The van der Waals surface area contributed by atoms with Gasteiger partial charge in [-0.3, -0.25) is 18.2 Å². The van der Waals surface area contributed by atoms with Crippen LogP contribution in [0, 0.1) is 0 Å². The van der Waals surface area contributed by atoms with E-state index in [1.807, 2.05) is 0 Å². The molecule has 0 spiro atoms. The normalized spacial score (nSPS) is 31.2. The summed E-state index contributed by atoms with van der Waals surface area (Å²) in [5, 5.41) is 10.1. The van der Waals surface area contributed by atoms with Crippen LogP contribution in [0.4, 0.5) is 10.2 Å². The third-order valence-electron chi connectivity index (χ3n) is 3.64. The maximum absolute atomic E-state index is 14.7. The van der Waals surface area contributed by atoms with Gasteiger partial charge in [-0.25, -0.2) is 22.4 Å². The highest BCUT2D eigenvalue weighted by Crippen LogP contribution is 2.63. The number of nitrogens with two attached hydrogens (primary N) is 1. The summed E-state index contributed by atoms with van der Waals surface area (Å²) in [5.41, 5.74) is 4.26. The van der Waals surface area contributed by atoms with E-state index in [2.05, 4.69) is 18.1 Å². The van der Waals surface area contributed by atoms with Crippen LogP contribution < -0.4 is 21.2 Å². The van der Waals surface area contributed by atoms with Gasteiger partial charge in [0.15, 0.2) is 12.4 Å². The molecule has 0 bridgehead atoms. The number of aliphatic hydroxyl groups is 1. The molecule has 186 valence electrons. The lowest BCUT2D eigenvalue weighted by atomic mass is 10.1. The Bertz CT molecular complexity index is 1020. The number of phosphoric acid groups is 3. The van der Waals surface area contributed by atoms with Crippen molar-refractivity contribution in [3.63, 3.8) is 0 Å². The number of aromatic nitrogens is 2. The summed E-state index contributed by atoms with van der Waals surface area (Å²) >= 11 is 0. The lowest BCUT2D eigenvalue weighted by Crippen LogP contribution is -2.46. The number of ether oxygens (including phenoxy) is 2. The number of halogens is 1. The molecule has 1 aliphatic rings. The van der Waals surface area contributed by atoms with Crippen LogP contribution in [0.15, 0.2) is 17.1 Å². The Morgan fingerprint density at radius 1 is 1.34 bits per heavy atom. The van der Waals surface area contributed by atoms with Crippen LogP contribution >= 0.6 is 23.5 Å². The zero-order valence-electron chi connectivity index (χ0n) is 15.1. The molecule has 1 saturated heterocycles. The van der Waals surface area contributed by atoms with Gasteiger partial charge in [-0.05, 0) is 6.07 Å². The molecule has 0 aliphatic carbocycles. The Kier molecular flexibility index (Phi) is 9.07. The topological polar surface area (TPSA) is 265 Å². The first-order valence-electron chi connectivity index (χ1n) is 7.65. The van der Waals surface area contributed by atoms with Crippen LogP contribution in [0.25, 0.3) is 0 Å². The number of methoxy groups -OCH3 is 1. The fourth-order valence-corrected chi connectivity index (χ4v) is 5.32. The summed E-state index contributed by atoms with van der Waals surface area (Å²) in [5.74, 6) is -2.87. The fourth-order valence-electron chi connectivity index (χ4n) is 2.38. The number of hydrogen-bond donors (Lipinski definition) is 4. The predicted molar refractivity (Wildman–Crippen MR) is 95.8 cm³/mol. The highest BCUT2D eigenvalue weighted by molar-refractivity contribution is 7.65. The maximum Gasteiger partial charge on any atom is 0.478 e. The second kappa shape index (κ2) is 10.0. The third kappa shape index (κ3) is 6.95. The first kappa shape index (κ1) is 28.9. The Morgan fingerprint density at radius 3 is 2.44 bits per heavy atom. The van der Waals surface area contributed by atoms with Crippen LogP contribution in [-0.2, 0) is 36.3 Å². The summed E-state index contributed by atoms with van der Waals surface area (Å²) in [6.45, 7) is -1.42. The van der Waals surface area contributed by atoms with E-state index in [9.17, 15) is 42.7 Å². The second-order valence-electron chi connectivity index (χ2n) is 5.78. The molecule has 1 aliphatic heterocycles. The average Bonchev–Trinajstić information content (AvgIpc) is 2.82. The highest BCUT2D eigenvalue weighted by atomic mass is 31.3. The van der Waals surface area contributed by atoms with Gasteiger partial charge in [-0.15, -0.1) is 0 Å². The van der Waals surface area contributed by atoms with E-state index in [1.165, 1.54) is 0 Å². The van der Waals surface area contributed by atoms with Crippen LogP contribution in [0.5, 0.6) is 0 Å². The molecule has 1 fully saturated rings. The summed E-state index contributed by atoms with van der Waals surface area (Å²) in [6.07, 6.45) is -5.44. The van der Waals surface area contributed by atoms with E-state index < -0.39 is 60.1 Å². The number of hydrogen-bond acceptors (Lipinski definition) is 14. The predicted octanol–water partition coefficient (Wildman–Crippen LogP) is -1.89. The molecule has 32 heavy (non-hydrogen) atoms. The first-order chi connectivity index (χ1) is 14.0. The molecule has 0 radical (unpaired) electrons. The minimum absolute atomic E-state index is 0. The number of nitrogens with zero attached hydrogens (tertiary/aromatic N) is 2. The van der Waals surface area contributed by atoms with E-state index in [0.29, 0.717) is 4.57 Å². The minimum atomic E-state index is -6.13. The van der Waals surface area contributed by atoms with Crippen molar-refractivity contribution in [2.24, 2.45) is 0 Å². The molecule has 17 nitrogen and oxygen atoms in total. The van der Waals surface area contributed by atoms with Gasteiger partial charge in [0.2, 0.25) is 5.79 Å². The SMILES string of the molecule is C.CO[C@]1(COP(=O)(O)OP(=O)([O-])OP(=O)([O-])O)O[C@@H](n2ccc(N)nc2=O)[C@H](O)[C@@H]1F. The van der Waals surface area contributed by atoms with Crippen molar-refractivity contribution in [1.82, 2.24) is 9.55 Å². The van der Waals surface area contributed by atoms with Gasteiger partial charge >= 0.3 is 13.5 Å². The Hall–Kier alpha value is -1.10. The molecule has 2 rings (SSSR count). The first-order valence-corrected chi connectivity index (χ1v) is 12.1. The monoisotopic (exact) mass is 529 g/mol. The number of aliphatic hydroxyl groups excluding tert-OH is 1. The molecular formula is C11H19FN3O14P3-2. The molecule has 0 saturated carbocycles. The molecule has 1 aromatic heterocycles. The number of rotatable bonds is 9. The van der Waals surface area contributed by atoms with E-state index in [-0.39, 0.29) is 13.2 Å². The molecule has 3 unspecified atom stereocenters. The fraction of sp³-hybridized carbons (Fsp3) is 0.636. The van der Waals surface area contributed by atoms with E-state index in [4.69, 9.17) is 20.1 Å². The van der Waals surface area contributed by atoms with E-state index >= 15 is 0 Å². The largest absolute Gasteiger partial charge is 0.756 e. The van der Waals surface area contributed by atoms with Crippen molar-refractivity contribution < 1.29 is 65.4 Å². The highest BCUT2D eigenvalue weighted by Gasteiger charge is 2.58. The standard InChI is InChI=1S/C10H17FN3O14P3.CH4/c1-24-10(4-25-30(20,21)28-31(22,23)27-29(17,18)19)7(11)6(15)8(26-10)14-3-2-5(12)13-9(14)16;/h2-3,6-8,15H,4H2,1H3,(H,20,21)(H,22,23)(H2,12,13,16)(H2,17,18,19);1H4/p-2/t6-,7+,8-,10-;/m1./s1. The molecule has 0 amide bonds. The second-order valence-corrected chi connectivity index (χ2v) is 10.1. The van der Waals surface area contributed by atoms with Gasteiger partial charge in [-0.1, -0.05) is 7.43 Å². The zero-order valence-corrected chi connectivity index (χ0v) is 17.8. The third-order valence-corrected chi connectivity index (χ3v) is 7.35. The summed E-state index contributed by atoms with van der Waals surface area (Å²) in [6, 6.07) is 1.12. The lowest BCUT2D eigenvalue weighted by Gasteiger charge is -2.31. The van der Waals surface area contributed by atoms with E-state index in [1.54, 1.807) is 0 Å². The summed E-state index contributed by atoms with van der Waals surface area (Å²) in [4.78, 5) is 54.7. The quantitative estimate of drug-likeness (QED) is 0.255. The molecule has 7 atom stereocenters. The average molecular weight is 529 g/mol. The molecule has 1 aromatic rings. The van der Waals surface area contributed by atoms with Crippen LogP contribution in [0.1, 0.15) is 13.7 Å². The van der Waals surface area contributed by atoms with Gasteiger partial charge in [0.05, 0.1) is 0 Å². The number of alkyl halides is 1. The molecule has 21 heteroatoms. The Balaban J connectivity index is 0.00000512. The maximum atomic E-state index is 14.7. The lowest BCUT2D eigenvalue weighted by molar-refractivity contribution is -0.259. The van der Waals surface area contributed by atoms with Gasteiger partial charge in [0.25, 0.3) is 15.6 Å². The van der Waals surface area contributed by atoms with Gasteiger partial charge in [0, 0.05) is 13.3 Å². The zero-order chi connectivity index (χ0) is 23.8. The van der Waals surface area contributed by atoms with Crippen LogP contribution in [0.3, 0.4) is 0 Å². The van der Waals surface area contributed by atoms with Gasteiger partial charge in [-0.2, -0.15) is 4.98 Å². The molecular weight excluding hydrogens is 510 g/mol. The van der Waals surface area contributed by atoms with Crippen LogP contribution in [-0.4, -0.2) is 56.2 Å². The Morgan fingerprint density at radius 2 is 1.94 bits per heavy atom. The van der Waals surface area contributed by atoms with Crippen LogP contribution in [0.2, 0.25) is 0 Å². The molecule has 5 N–H and O–H groups in total. The number of anilines is 1. The minimum Gasteiger partial charge on any atom is -0.756 e. The number of nitrogen functional groups attached to an aromatic ring is 1. The van der Waals surface area contributed by atoms with E-state index in [0.717, 1.165) is 19.4 Å².